The molecule has 0 N–H and O–H groups in total. The molecule has 1 fully saturated rings. The minimum atomic E-state index is -0.318. The van der Waals surface area contributed by atoms with Gasteiger partial charge >= 0.3 is 5.97 Å². The van der Waals surface area contributed by atoms with Crippen LogP contribution in [0.3, 0.4) is 0 Å². The Morgan fingerprint density at radius 1 is 1.15 bits per heavy atom. The number of rotatable bonds is 6. The number of anilines is 1. The van der Waals surface area contributed by atoms with Crippen LogP contribution in [0.1, 0.15) is 56.2 Å². The molecule has 0 bridgehead atoms. The second-order valence-corrected chi connectivity index (χ2v) is 7.15. The van der Waals surface area contributed by atoms with Crippen LogP contribution in [0.4, 0.5) is 5.82 Å². The van der Waals surface area contributed by atoms with Crippen molar-refractivity contribution in [3.05, 3.63) is 41.6 Å². The van der Waals surface area contributed by atoms with Gasteiger partial charge in [-0.1, -0.05) is 43.7 Å². The van der Waals surface area contributed by atoms with Gasteiger partial charge in [-0.05, 0) is 32.6 Å². The average molecular weight is 367 g/mol. The lowest BCUT2D eigenvalue weighted by Gasteiger charge is -2.32. The third-order valence-corrected chi connectivity index (χ3v) is 5.22. The number of hydrogen-bond donors (Lipinski definition) is 0. The third-order valence-electron chi connectivity index (χ3n) is 5.22. The van der Waals surface area contributed by atoms with Crippen molar-refractivity contribution in [2.75, 3.05) is 25.1 Å². The highest BCUT2D eigenvalue weighted by Gasteiger charge is 2.30. The van der Waals surface area contributed by atoms with Gasteiger partial charge in [-0.25, -0.2) is 9.97 Å². The van der Waals surface area contributed by atoms with Crippen LogP contribution in [0.5, 0.6) is 0 Å². The number of nitrogens with zero attached hydrogens (tertiary/aromatic N) is 3. The highest BCUT2D eigenvalue weighted by molar-refractivity contribution is 5.81. The molecule has 0 saturated carbocycles. The van der Waals surface area contributed by atoms with Crippen LogP contribution in [0.2, 0.25) is 0 Å². The van der Waals surface area contributed by atoms with Crippen molar-refractivity contribution in [3.8, 4) is 11.4 Å². The molecule has 1 aliphatic heterocycles. The number of benzene rings is 1. The second kappa shape index (κ2) is 8.98. The zero-order chi connectivity index (χ0) is 19.2. The van der Waals surface area contributed by atoms with Crippen molar-refractivity contribution in [3.63, 3.8) is 0 Å². The van der Waals surface area contributed by atoms with Crippen molar-refractivity contribution in [1.82, 2.24) is 9.97 Å². The summed E-state index contributed by atoms with van der Waals surface area (Å²) >= 11 is 0. The fourth-order valence-electron chi connectivity index (χ4n) is 3.85. The minimum Gasteiger partial charge on any atom is -0.469 e. The lowest BCUT2D eigenvalue weighted by atomic mass is 9.92. The van der Waals surface area contributed by atoms with Gasteiger partial charge in [0.1, 0.15) is 5.82 Å². The van der Waals surface area contributed by atoms with Gasteiger partial charge in [0.25, 0.3) is 0 Å². The Morgan fingerprint density at radius 3 is 2.48 bits per heavy atom. The molecule has 27 heavy (non-hydrogen) atoms. The van der Waals surface area contributed by atoms with E-state index in [1.54, 1.807) is 0 Å². The quantitative estimate of drug-likeness (QED) is 0.704. The van der Waals surface area contributed by atoms with Crippen LogP contribution in [0.25, 0.3) is 11.4 Å². The van der Waals surface area contributed by atoms with E-state index in [0.717, 1.165) is 67.2 Å². The second-order valence-electron chi connectivity index (χ2n) is 7.15. The van der Waals surface area contributed by atoms with Crippen LogP contribution >= 0.6 is 0 Å². The number of piperidine rings is 1. The largest absolute Gasteiger partial charge is 0.469 e. The molecular formula is C22H29N3O2. The summed E-state index contributed by atoms with van der Waals surface area (Å²) in [5, 5.41) is 0. The molecule has 1 unspecified atom stereocenters. The lowest BCUT2D eigenvalue weighted by Crippen LogP contribution is -2.33. The first-order valence-corrected chi connectivity index (χ1v) is 9.92. The molecule has 0 radical (unpaired) electrons. The summed E-state index contributed by atoms with van der Waals surface area (Å²) in [6.45, 7) is 6.02. The highest BCUT2D eigenvalue weighted by Crippen LogP contribution is 2.35. The molecule has 2 heterocycles. The topological polar surface area (TPSA) is 55.3 Å². The molecular weight excluding hydrogens is 338 g/mol. The normalized spacial score (nSPS) is 15.4. The SMILES string of the molecule is CCCC(C(=O)OC)c1c(C)nc(-c2ccccc2)nc1N1CCCCC1. The van der Waals surface area contributed by atoms with Crippen molar-refractivity contribution >= 4 is 11.8 Å². The number of hydrogen-bond acceptors (Lipinski definition) is 5. The number of carbonyl (C=O) groups is 1. The molecule has 3 rings (SSSR count). The smallest absolute Gasteiger partial charge is 0.313 e. The van der Waals surface area contributed by atoms with E-state index < -0.39 is 0 Å². The first kappa shape index (κ1) is 19.3. The molecule has 1 aromatic carbocycles. The number of carbonyl (C=O) groups excluding carboxylic acids is 1. The average Bonchev–Trinajstić information content (AvgIpc) is 2.72. The zero-order valence-corrected chi connectivity index (χ0v) is 16.6. The van der Waals surface area contributed by atoms with E-state index in [0.29, 0.717) is 0 Å². The molecule has 5 heteroatoms. The van der Waals surface area contributed by atoms with Crippen molar-refractivity contribution in [1.29, 1.82) is 0 Å². The monoisotopic (exact) mass is 367 g/mol. The van der Waals surface area contributed by atoms with E-state index in [2.05, 4.69) is 11.8 Å². The summed E-state index contributed by atoms with van der Waals surface area (Å²) < 4.78 is 5.12. The number of ether oxygens (including phenoxy) is 1. The van der Waals surface area contributed by atoms with Gasteiger partial charge in [0.2, 0.25) is 0 Å². The van der Waals surface area contributed by atoms with Gasteiger partial charge in [0.15, 0.2) is 5.82 Å². The van der Waals surface area contributed by atoms with E-state index in [1.807, 2.05) is 37.3 Å². The maximum atomic E-state index is 12.5. The number of methoxy groups -OCH3 is 1. The number of esters is 1. The van der Waals surface area contributed by atoms with Gasteiger partial charge in [-0.15, -0.1) is 0 Å². The molecule has 1 saturated heterocycles. The summed E-state index contributed by atoms with van der Waals surface area (Å²) in [6.07, 6.45) is 5.19. The molecule has 0 amide bonds. The van der Waals surface area contributed by atoms with Crippen LogP contribution in [-0.2, 0) is 9.53 Å². The fourth-order valence-corrected chi connectivity index (χ4v) is 3.85. The Bertz CT molecular complexity index is 771. The maximum absolute atomic E-state index is 12.5. The summed E-state index contributed by atoms with van der Waals surface area (Å²) in [7, 11) is 1.46. The van der Waals surface area contributed by atoms with Crippen LogP contribution < -0.4 is 4.90 Å². The molecule has 144 valence electrons. The first-order valence-electron chi connectivity index (χ1n) is 9.92. The van der Waals surface area contributed by atoms with Gasteiger partial charge in [0, 0.05) is 29.9 Å². The molecule has 1 aromatic heterocycles. The van der Waals surface area contributed by atoms with E-state index >= 15 is 0 Å². The van der Waals surface area contributed by atoms with Gasteiger partial charge in [-0.2, -0.15) is 0 Å². The minimum absolute atomic E-state index is 0.200. The van der Waals surface area contributed by atoms with Crippen LogP contribution in [-0.4, -0.2) is 36.1 Å². The Labute approximate surface area is 161 Å². The van der Waals surface area contributed by atoms with Crippen molar-refractivity contribution in [2.45, 2.75) is 51.9 Å². The Kier molecular flexibility index (Phi) is 6.43. The van der Waals surface area contributed by atoms with E-state index in [4.69, 9.17) is 14.7 Å². The molecule has 1 aliphatic rings. The highest BCUT2D eigenvalue weighted by atomic mass is 16.5. The Balaban J connectivity index is 2.14. The van der Waals surface area contributed by atoms with Gasteiger partial charge < -0.3 is 9.64 Å². The molecule has 1 atom stereocenters. The third kappa shape index (κ3) is 4.29. The summed E-state index contributed by atoms with van der Waals surface area (Å²) in [5.41, 5.74) is 2.80. The zero-order valence-electron chi connectivity index (χ0n) is 16.6. The Hall–Kier alpha value is -2.43. The van der Waals surface area contributed by atoms with E-state index in [-0.39, 0.29) is 11.9 Å². The van der Waals surface area contributed by atoms with Gasteiger partial charge in [-0.3, -0.25) is 4.79 Å². The van der Waals surface area contributed by atoms with Crippen LogP contribution in [0.15, 0.2) is 30.3 Å². The van der Waals surface area contributed by atoms with Crippen molar-refractivity contribution < 1.29 is 9.53 Å². The van der Waals surface area contributed by atoms with Crippen LogP contribution in [0, 0.1) is 6.92 Å². The fraction of sp³-hybridized carbons (Fsp3) is 0.500. The first-order chi connectivity index (χ1) is 13.2. The molecule has 0 spiro atoms. The lowest BCUT2D eigenvalue weighted by molar-refractivity contribution is -0.142. The van der Waals surface area contributed by atoms with Crippen molar-refractivity contribution in [2.24, 2.45) is 0 Å². The standard InChI is InChI=1S/C22H29N3O2/c1-4-11-18(22(26)27-3)19-16(2)23-20(17-12-7-5-8-13-17)24-21(19)25-14-9-6-10-15-25/h5,7-8,12-13,18H,4,6,9-11,14-15H2,1-3H3. The number of aromatic nitrogens is 2. The maximum Gasteiger partial charge on any atom is 0.313 e. The Morgan fingerprint density at radius 2 is 1.85 bits per heavy atom. The summed E-state index contributed by atoms with van der Waals surface area (Å²) in [4.78, 5) is 24.6. The summed E-state index contributed by atoms with van der Waals surface area (Å²) in [5.74, 6) is 1.11. The van der Waals surface area contributed by atoms with E-state index in [1.165, 1.54) is 13.5 Å². The van der Waals surface area contributed by atoms with E-state index in [9.17, 15) is 4.79 Å². The molecule has 0 aliphatic carbocycles. The van der Waals surface area contributed by atoms with Gasteiger partial charge in [0.05, 0.1) is 13.0 Å². The number of aryl methyl sites for hydroxylation is 1. The summed E-state index contributed by atoms with van der Waals surface area (Å²) in [6, 6.07) is 10.0. The molecule has 5 nitrogen and oxygen atoms in total. The predicted molar refractivity (Wildman–Crippen MR) is 108 cm³/mol. The predicted octanol–water partition coefficient (Wildman–Crippen LogP) is 4.50. The molecule has 2 aromatic rings.